The summed E-state index contributed by atoms with van der Waals surface area (Å²) in [6.07, 6.45) is 0.582. The lowest BCUT2D eigenvalue weighted by Crippen LogP contribution is -2.37. The molecule has 7 nitrogen and oxygen atoms in total. The molecule has 0 aromatic heterocycles. The van der Waals surface area contributed by atoms with E-state index in [1.54, 1.807) is 6.07 Å². The summed E-state index contributed by atoms with van der Waals surface area (Å²) >= 11 is 0. The number of aliphatic hydroxyl groups is 1. The minimum atomic E-state index is -0.523. The van der Waals surface area contributed by atoms with Crippen molar-refractivity contribution in [3.05, 3.63) is 34.4 Å². The normalized spacial score (nSPS) is 11.0. The van der Waals surface area contributed by atoms with Gasteiger partial charge in [0.15, 0.2) is 6.61 Å². The van der Waals surface area contributed by atoms with Gasteiger partial charge in [-0.1, -0.05) is 19.9 Å². The van der Waals surface area contributed by atoms with Crippen molar-refractivity contribution in [1.82, 2.24) is 5.32 Å². The van der Waals surface area contributed by atoms with Gasteiger partial charge in [-0.2, -0.15) is 0 Å². The van der Waals surface area contributed by atoms with Gasteiger partial charge in [0, 0.05) is 19.2 Å². The second-order valence-corrected chi connectivity index (χ2v) is 5.46. The first kappa shape index (κ1) is 16.9. The third kappa shape index (κ3) is 6.22. The van der Waals surface area contributed by atoms with E-state index in [-0.39, 0.29) is 36.0 Å². The molecule has 0 aliphatic rings. The fraction of sp³-hybridized carbons (Fsp3) is 0.500. The van der Waals surface area contributed by atoms with Gasteiger partial charge in [-0.3, -0.25) is 14.9 Å². The maximum Gasteiger partial charge on any atom is 0.273 e. The van der Waals surface area contributed by atoms with Crippen molar-refractivity contribution in [3.63, 3.8) is 0 Å². The van der Waals surface area contributed by atoms with E-state index in [1.807, 2.05) is 13.8 Å². The predicted octanol–water partition coefficient (Wildman–Crippen LogP) is 1.50. The van der Waals surface area contributed by atoms with Crippen LogP contribution in [0.1, 0.15) is 20.3 Å². The topological polar surface area (TPSA) is 102 Å². The van der Waals surface area contributed by atoms with Gasteiger partial charge in [-0.25, -0.2) is 0 Å². The van der Waals surface area contributed by atoms with Crippen LogP contribution in [0.4, 0.5) is 5.69 Å². The van der Waals surface area contributed by atoms with E-state index in [2.05, 4.69) is 5.32 Å². The summed E-state index contributed by atoms with van der Waals surface area (Å²) in [5, 5.41) is 22.2. The Labute approximate surface area is 123 Å². The molecule has 1 aromatic carbocycles. The number of carbonyl (C=O) groups excluding carboxylic acids is 1. The second-order valence-electron chi connectivity index (χ2n) is 5.46. The highest BCUT2D eigenvalue weighted by molar-refractivity contribution is 5.77. The molecule has 0 saturated heterocycles. The average Bonchev–Trinajstić information content (AvgIpc) is 2.43. The molecule has 0 aliphatic heterocycles. The van der Waals surface area contributed by atoms with Crippen LogP contribution in [0.2, 0.25) is 0 Å². The number of non-ortho nitro benzene ring substituents is 1. The van der Waals surface area contributed by atoms with Crippen LogP contribution < -0.4 is 10.1 Å². The van der Waals surface area contributed by atoms with Crippen LogP contribution in [-0.2, 0) is 4.79 Å². The summed E-state index contributed by atoms with van der Waals surface area (Å²) in [4.78, 5) is 21.7. The zero-order valence-corrected chi connectivity index (χ0v) is 12.2. The van der Waals surface area contributed by atoms with Crippen molar-refractivity contribution in [2.24, 2.45) is 5.41 Å². The Morgan fingerprint density at radius 1 is 1.48 bits per heavy atom. The maximum atomic E-state index is 11.7. The number of carbonyl (C=O) groups is 1. The number of hydrogen-bond acceptors (Lipinski definition) is 5. The van der Waals surface area contributed by atoms with Gasteiger partial charge >= 0.3 is 0 Å². The molecule has 0 atom stereocenters. The smallest absolute Gasteiger partial charge is 0.273 e. The van der Waals surface area contributed by atoms with E-state index >= 15 is 0 Å². The van der Waals surface area contributed by atoms with Crippen molar-refractivity contribution in [1.29, 1.82) is 0 Å². The van der Waals surface area contributed by atoms with Crippen molar-refractivity contribution in [2.45, 2.75) is 20.3 Å². The lowest BCUT2D eigenvalue weighted by molar-refractivity contribution is -0.384. The Hall–Kier alpha value is -2.15. The number of benzene rings is 1. The molecule has 1 rings (SSSR count). The molecule has 0 heterocycles. The van der Waals surface area contributed by atoms with E-state index in [9.17, 15) is 14.9 Å². The van der Waals surface area contributed by atoms with Crippen LogP contribution in [0.5, 0.6) is 5.75 Å². The van der Waals surface area contributed by atoms with E-state index in [1.165, 1.54) is 18.2 Å². The molecule has 0 bridgehead atoms. The van der Waals surface area contributed by atoms with Gasteiger partial charge in [0.25, 0.3) is 11.6 Å². The van der Waals surface area contributed by atoms with Crippen LogP contribution in [0.15, 0.2) is 24.3 Å². The van der Waals surface area contributed by atoms with Crippen molar-refractivity contribution >= 4 is 11.6 Å². The number of ether oxygens (including phenoxy) is 1. The van der Waals surface area contributed by atoms with E-state index in [0.717, 1.165) is 0 Å². The van der Waals surface area contributed by atoms with Crippen LogP contribution in [0, 0.1) is 15.5 Å². The van der Waals surface area contributed by atoms with Crippen LogP contribution >= 0.6 is 0 Å². The monoisotopic (exact) mass is 296 g/mol. The van der Waals surface area contributed by atoms with E-state index in [0.29, 0.717) is 13.0 Å². The summed E-state index contributed by atoms with van der Waals surface area (Å²) in [6.45, 7) is 4.14. The molecular formula is C14H20N2O5. The van der Waals surface area contributed by atoms with Gasteiger partial charge in [-0.05, 0) is 17.9 Å². The zero-order chi connectivity index (χ0) is 15.9. The molecule has 0 saturated carbocycles. The van der Waals surface area contributed by atoms with Crippen LogP contribution in [0.25, 0.3) is 0 Å². The minimum absolute atomic E-state index is 0.0626. The van der Waals surface area contributed by atoms with Crippen LogP contribution in [-0.4, -0.2) is 35.7 Å². The number of aliphatic hydroxyl groups excluding tert-OH is 1. The SMILES string of the molecule is CC(C)(CCO)CNC(=O)COc1cccc([N+](=O)[O-])c1. The third-order valence-electron chi connectivity index (χ3n) is 2.95. The molecule has 0 fully saturated rings. The molecule has 21 heavy (non-hydrogen) atoms. The Kier molecular flexibility index (Phi) is 6.10. The first-order chi connectivity index (χ1) is 9.84. The highest BCUT2D eigenvalue weighted by Gasteiger charge is 2.18. The molecule has 0 radical (unpaired) electrons. The predicted molar refractivity (Wildman–Crippen MR) is 77.1 cm³/mol. The number of nitrogens with zero attached hydrogens (tertiary/aromatic N) is 1. The molecule has 116 valence electrons. The number of rotatable bonds is 8. The number of hydrogen-bond donors (Lipinski definition) is 2. The molecule has 0 spiro atoms. The fourth-order valence-corrected chi connectivity index (χ4v) is 1.62. The Bertz CT molecular complexity index is 502. The lowest BCUT2D eigenvalue weighted by Gasteiger charge is -2.23. The molecule has 1 amide bonds. The van der Waals surface area contributed by atoms with Gasteiger partial charge in [0.05, 0.1) is 11.0 Å². The van der Waals surface area contributed by atoms with Crippen LogP contribution in [0.3, 0.4) is 0 Å². The molecule has 7 heteroatoms. The molecular weight excluding hydrogens is 276 g/mol. The Morgan fingerprint density at radius 3 is 2.81 bits per heavy atom. The summed E-state index contributed by atoms with van der Waals surface area (Å²) in [6, 6.07) is 5.67. The second kappa shape index (κ2) is 7.58. The standard InChI is InChI=1S/C14H20N2O5/c1-14(2,6-7-17)10-15-13(18)9-21-12-5-3-4-11(8-12)16(19)20/h3-5,8,17H,6-7,9-10H2,1-2H3,(H,15,18). The first-order valence-electron chi connectivity index (χ1n) is 6.59. The summed E-state index contributed by atoms with van der Waals surface area (Å²) in [5.74, 6) is -0.0403. The third-order valence-corrected chi connectivity index (χ3v) is 2.95. The first-order valence-corrected chi connectivity index (χ1v) is 6.59. The largest absolute Gasteiger partial charge is 0.484 e. The lowest BCUT2D eigenvalue weighted by atomic mass is 9.90. The Morgan fingerprint density at radius 2 is 2.19 bits per heavy atom. The summed E-state index contributed by atoms with van der Waals surface area (Å²) in [7, 11) is 0. The molecule has 2 N–H and O–H groups in total. The highest BCUT2D eigenvalue weighted by atomic mass is 16.6. The van der Waals surface area contributed by atoms with Gasteiger partial charge in [0.1, 0.15) is 5.75 Å². The molecule has 0 unspecified atom stereocenters. The number of amides is 1. The van der Waals surface area contributed by atoms with Crippen molar-refractivity contribution in [2.75, 3.05) is 19.8 Å². The van der Waals surface area contributed by atoms with Crippen molar-refractivity contribution < 1.29 is 19.6 Å². The van der Waals surface area contributed by atoms with Crippen molar-refractivity contribution in [3.8, 4) is 5.75 Å². The quantitative estimate of drug-likeness (QED) is 0.559. The average molecular weight is 296 g/mol. The highest BCUT2D eigenvalue weighted by Crippen LogP contribution is 2.19. The van der Waals surface area contributed by atoms with Gasteiger partial charge in [0.2, 0.25) is 0 Å². The fourth-order valence-electron chi connectivity index (χ4n) is 1.62. The number of nitro benzene ring substituents is 1. The molecule has 1 aromatic rings. The minimum Gasteiger partial charge on any atom is -0.484 e. The van der Waals surface area contributed by atoms with Gasteiger partial charge in [-0.15, -0.1) is 0 Å². The maximum absolute atomic E-state index is 11.7. The summed E-state index contributed by atoms with van der Waals surface area (Å²) < 4.78 is 5.22. The van der Waals surface area contributed by atoms with E-state index < -0.39 is 4.92 Å². The summed E-state index contributed by atoms with van der Waals surface area (Å²) in [5.41, 5.74) is -0.285. The zero-order valence-electron chi connectivity index (χ0n) is 12.2. The Balaban J connectivity index is 2.43. The number of nitrogens with one attached hydrogen (secondary N) is 1. The van der Waals surface area contributed by atoms with Gasteiger partial charge < -0.3 is 15.2 Å². The number of nitro groups is 1. The van der Waals surface area contributed by atoms with E-state index in [4.69, 9.17) is 9.84 Å². The molecule has 0 aliphatic carbocycles.